The van der Waals surface area contributed by atoms with Crippen molar-refractivity contribution in [1.29, 1.82) is 0 Å². The molecule has 1 aliphatic heterocycles. The molecule has 2 aromatic carbocycles. The Bertz CT molecular complexity index is 830. The van der Waals surface area contributed by atoms with Crippen molar-refractivity contribution in [2.45, 2.75) is 18.5 Å². The van der Waals surface area contributed by atoms with Gasteiger partial charge in [-0.15, -0.1) is 0 Å². The Hall–Kier alpha value is -2.83. The summed E-state index contributed by atoms with van der Waals surface area (Å²) >= 11 is 0. The normalized spacial score (nSPS) is 19.9. The molecule has 5 nitrogen and oxygen atoms in total. The Morgan fingerprint density at radius 1 is 1.04 bits per heavy atom. The van der Waals surface area contributed by atoms with Crippen LogP contribution in [0.25, 0.3) is 0 Å². The lowest BCUT2D eigenvalue weighted by atomic mass is 9.93. The van der Waals surface area contributed by atoms with E-state index in [0.29, 0.717) is 17.9 Å². The molecule has 4 rings (SSSR count). The zero-order valence-electron chi connectivity index (χ0n) is 12.0. The molecule has 0 radical (unpaired) electrons. The molecule has 116 valence electrons. The molecule has 1 aromatic heterocycles. The van der Waals surface area contributed by atoms with Crippen LogP contribution in [0.15, 0.2) is 48.5 Å². The fourth-order valence-corrected chi connectivity index (χ4v) is 2.96. The molecule has 0 saturated carbocycles. The number of hydrogen-bond acceptors (Lipinski definition) is 4. The first-order valence-electron chi connectivity index (χ1n) is 7.26. The van der Waals surface area contributed by atoms with Crippen LogP contribution in [-0.4, -0.2) is 20.2 Å². The van der Waals surface area contributed by atoms with Gasteiger partial charge in [0.15, 0.2) is 0 Å². The van der Waals surface area contributed by atoms with Crippen LogP contribution in [0.4, 0.5) is 14.7 Å². The molecule has 0 amide bonds. The van der Waals surface area contributed by atoms with Crippen molar-refractivity contribution in [3.8, 4) is 0 Å². The number of halogens is 2. The van der Waals surface area contributed by atoms with E-state index in [9.17, 15) is 8.78 Å². The number of hydrogen-bond donors (Lipinski definition) is 1. The van der Waals surface area contributed by atoms with E-state index in [4.69, 9.17) is 0 Å². The van der Waals surface area contributed by atoms with Gasteiger partial charge in [-0.3, -0.25) is 0 Å². The van der Waals surface area contributed by atoms with Crippen LogP contribution in [0.2, 0.25) is 0 Å². The summed E-state index contributed by atoms with van der Waals surface area (Å²) < 4.78 is 28.9. The second kappa shape index (κ2) is 5.42. The van der Waals surface area contributed by atoms with Crippen molar-refractivity contribution in [1.82, 2.24) is 20.2 Å². The SMILES string of the molecule is Fc1ccc([C@H]2C[C@H](c3ccccc3F)n3nnnc3N2)cc1. The van der Waals surface area contributed by atoms with Crippen molar-refractivity contribution in [3.05, 3.63) is 71.3 Å². The smallest absolute Gasteiger partial charge is 0.243 e. The number of anilines is 1. The number of aromatic nitrogens is 4. The second-order valence-corrected chi connectivity index (χ2v) is 5.47. The van der Waals surface area contributed by atoms with Gasteiger partial charge < -0.3 is 5.32 Å². The van der Waals surface area contributed by atoms with Crippen LogP contribution in [0.3, 0.4) is 0 Å². The molecule has 0 saturated heterocycles. The zero-order valence-corrected chi connectivity index (χ0v) is 12.0. The summed E-state index contributed by atoms with van der Waals surface area (Å²) in [5.74, 6) is -0.113. The monoisotopic (exact) mass is 313 g/mol. The van der Waals surface area contributed by atoms with E-state index in [1.54, 1.807) is 35.0 Å². The van der Waals surface area contributed by atoms with Crippen molar-refractivity contribution in [2.75, 3.05) is 5.32 Å². The van der Waals surface area contributed by atoms with E-state index < -0.39 is 0 Å². The quantitative estimate of drug-likeness (QED) is 0.790. The highest BCUT2D eigenvalue weighted by Gasteiger charge is 2.31. The minimum absolute atomic E-state index is 0.126. The topological polar surface area (TPSA) is 55.6 Å². The van der Waals surface area contributed by atoms with E-state index in [-0.39, 0.29) is 23.7 Å². The highest BCUT2D eigenvalue weighted by atomic mass is 19.1. The van der Waals surface area contributed by atoms with Gasteiger partial charge in [0.25, 0.3) is 0 Å². The number of tetrazole rings is 1. The molecule has 23 heavy (non-hydrogen) atoms. The first-order chi connectivity index (χ1) is 11.2. The third kappa shape index (κ3) is 2.44. The highest BCUT2D eigenvalue weighted by Crippen LogP contribution is 2.37. The number of nitrogens with zero attached hydrogens (tertiary/aromatic N) is 4. The van der Waals surface area contributed by atoms with Gasteiger partial charge in [0, 0.05) is 5.56 Å². The Kier molecular flexibility index (Phi) is 3.25. The first-order valence-corrected chi connectivity index (χ1v) is 7.26. The van der Waals surface area contributed by atoms with Gasteiger partial charge in [-0.25, -0.2) is 13.5 Å². The molecule has 7 heteroatoms. The maximum absolute atomic E-state index is 14.2. The van der Waals surface area contributed by atoms with E-state index in [1.807, 2.05) is 0 Å². The minimum atomic E-state index is -0.322. The van der Waals surface area contributed by atoms with Crippen LogP contribution in [0, 0.1) is 11.6 Å². The minimum Gasteiger partial charge on any atom is -0.346 e. The van der Waals surface area contributed by atoms with Crippen LogP contribution < -0.4 is 5.32 Å². The zero-order chi connectivity index (χ0) is 15.8. The van der Waals surface area contributed by atoms with Crippen molar-refractivity contribution in [3.63, 3.8) is 0 Å². The van der Waals surface area contributed by atoms with Crippen LogP contribution in [0.5, 0.6) is 0 Å². The van der Waals surface area contributed by atoms with Gasteiger partial charge in [0.1, 0.15) is 11.6 Å². The van der Waals surface area contributed by atoms with E-state index >= 15 is 0 Å². The summed E-state index contributed by atoms with van der Waals surface area (Å²) in [6, 6.07) is 12.4. The average molecular weight is 313 g/mol. The predicted molar refractivity (Wildman–Crippen MR) is 79.7 cm³/mol. The third-order valence-electron chi connectivity index (χ3n) is 4.09. The van der Waals surface area contributed by atoms with Gasteiger partial charge in [-0.05, 0) is 40.6 Å². The Balaban J connectivity index is 1.75. The maximum atomic E-state index is 14.2. The largest absolute Gasteiger partial charge is 0.346 e. The van der Waals surface area contributed by atoms with Crippen molar-refractivity contribution in [2.24, 2.45) is 0 Å². The summed E-state index contributed by atoms with van der Waals surface area (Å²) in [7, 11) is 0. The van der Waals surface area contributed by atoms with Crippen molar-refractivity contribution >= 4 is 5.95 Å². The standard InChI is InChI=1S/C16H13F2N5/c17-11-7-5-10(6-8-11)14-9-15(12-3-1-2-4-13(12)18)23-16(19-14)20-21-22-23/h1-8,14-15H,9H2,(H,19,20,22)/t14-,15-/m1/s1. The highest BCUT2D eigenvalue weighted by molar-refractivity contribution is 5.37. The second-order valence-electron chi connectivity index (χ2n) is 5.47. The van der Waals surface area contributed by atoms with Crippen molar-refractivity contribution < 1.29 is 8.78 Å². The molecule has 3 aromatic rings. The predicted octanol–water partition coefficient (Wildman–Crippen LogP) is 3.10. The lowest BCUT2D eigenvalue weighted by molar-refractivity contribution is 0.409. The van der Waals surface area contributed by atoms with Crippen LogP contribution in [-0.2, 0) is 0 Å². The molecule has 0 aliphatic carbocycles. The first kappa shape index (κ1) is 13.8. The van der Waals surface area contributed by atoms with E-state index in [0.717, 1.165) is 5.56 Å². The fourth-order valence-electron chi connectivity index (χ4n) is 2.96. The van der Waals surface area contributed by atoms with Gasteiger partial charge in [0.2, 0.25) is 5.95 Å². The van der Waals surface area contributed by atoms with Gasteiger partial charge >= 0.3 is 0 Å². The summed E-state index contributed by atoms with van der Waals surface area (Å²) in [6.07, 6.45) is 0.560. The Morgan fingerprint density at radius 2 is 1.83 bits per heavy atom. The molecule has 0 fully saturated rings. The summed E-state index contributed by atoms with van der Waals surface area (Å²) in [4.78, 5) is 0. The van der Waals surface area contributed by atoms with E-state index in [2.05, 4.69) is 20.8 Å². The fraction of sp³-hybridized carbons (Fsp3) is 0.188. The molecule has 0 spiro atoms. The molecule has 0 unspecified atom stereocenters. The molecule has 1 N–H and O–H groups in total. The number of fused-ring (bicyclic) bond motifs is 1. The molecule has 2 heterocycles. The van der Waals surface area contributed by atoms with Crippen LogP contribution >= 0.6 is 0 Å². The lowest BCUT2D eigenvalue weighted by Gasteiger charge is -2.31. The van der Waals surface area contributed by atoms with Gasteiger partial charge in [-0.2, -0.15) is 0 Å². The molecule has 2 atom stereocenters. The summed E-state index contributed by atoms with van der Waals surface area (Å²) in [5, 5.41) is 14.8. The molecule has 1 aliphatic rings. The van der Waals surface area contributed by atoms with Crippen LogP contribution in [0.1, 0.15) is 29.6 Å². The summed E-state index contributed by atoms with van der Waals surface area (Å²) in [6.45, 7) is 0. The maximum Gasteiger partial charge on any atom is 0.243 e. The summed E-state index contributed by atoms with van der Waals surface area (Å²) in [5.41, 5.74) is 1.44. The molecular weight excluding hydrogens is 300 g/mol. The molecular formula is C16H13F2N5. The van der Waals surface area contributed by atoms with Gasteiger partial charge in [-0.1, -0.05) is 35.4 Å². The lowest BCUT2D eigenvalue weighted by Crippen LogP contribution is -2.28. The van der Waals surface area contributed by atoms with Gasteiger partial charge in [0.05, 0.1) is 12.1 Å². The molecule has 0 bridgehead atoms. The number of rotatable bonds is 2. The third-order valence-corrected chi connectivity index (χ3v) is 4.09. The number of nitrogens with one attached hydrogen (secondary N) is 1. The Morgan fingerprint density at radius 3 is 2.61 bits per heavy atom. The number of benzene rings is 2. The van der Waals surface area contributed by atoms with E-state index in [1.165, 1.54) is 18.2 Å². The Labute approximate surface area is 130 Å². The average Bonchev–Trinajstić information content (AvgIpc) is 3.04.